The predicted octanol–water partition coefficient (Wildman–Crippen LogP) is 1.61. The van der Waals surface area contributed by atoms with Gasteiger partial charge in [0.2, 0.25) is 5.78 Å². The van der Waals surface area contributed by atoms with E-state index in [9.17, 15) is 14.0 Å². The summed E-state index contributed by atoms with van der Waals surface area (Å²) in [4.78, 5) is 24.6. The monoisotopic (exact) mass is 460 g/mol. The third-order valence-corrected chi connectivity index (χ3v) is 4.39. The molecule has 0 aliphatic rings. The summed E-state index contributed by atoms with van der Waals surface area (Å²) >= 11 is 2.01. The Bertz CT molecular complexity index is 851. The highest BCUT2D eigenvalue weighted by molar-refractivity contribution is 14.1. The van der Waals surface area contributed by atoms with E-state index >= 15 is 0 Å². The molecule has 0 atom stereocenters. The standard InChI is InChI=1S/C17H18FIN2O4/c1-10-13(7-11-3-4-12(19)8-14(11)18)16(20-21(2)17(10)24)15(23)9-25-6-5-22/h3-4,8,22H,5-7,9H2,1-2H3. The summed E-state index contributed by atoms with van der Waals surface area (Å²) in [7, 11) is 1.45. The average Bonchev–Trinajstić information content (AvgIpc) is 2.57. The van der Waals surface area contributed by atoms with Crippen molar-refractivity contribution in [2.24, 2.45) is 7.05 Å². The number of carbonyl (C=O) groups excluding carboxylic acids is 1. The number of aliphatic hydroxyl groups is 1. The van der Waals surface area contributed by atoms with Gasteiger partial charge in [-0.15, -0.1) is 0 Å². The highest BCUT2D eigenvalue weighted by Gasteiger charge is 2.20. The van der Waals surface area contributed by atoms with Gasteiger partial charge < -0.3 is 9.84 Å². The van der Waals surface area contributed by atoms with Crippen molar-refractivity contribution in [3.05, 3.63) is 60.3 Å². The first-order valence-electron chi connectivity index (χ1n) is 7.57. The number of ether oxygens (including phenoxy) is 1. The molecule has 0 saturated heterocycles. The zero-order valence-electron chi connectivity index (χ0n) is 13.9. The van der Waals surface area contributed by atoms with Crippen molar-refractivity contribution >= 4 is 28.4 Å². The summed E-state index contributed by atoms with van der Waals surface area (Å²) in [6.45, 7) is 1.15. The van der Waals surface area contributed by atoms with Crippen molar-refractivity contribution in [3.8, 4) is 0 Å². The lowest BCUT2D eigenvalue weighted by atomic mass is 9.98. The van der Waals surface area contributed by atoms with Gasteiger partial charge in [0.25, 0.3) is 5.56 Å². The van der Waals surface area contributed by atoms with Crippen LogP contribution in [0.3, 0.4) is 0 Å². The van der Waals surface area contributed by atoms with Crippen molar-refractivity contribution in [1.82, 2.24) is 9.78 Å². The Balaban J connectivity index is 2.45. The zero-order chi connectivity index (χ0) is 18.6. The molecular formula is C17H18FIN2O4. The molecule has 25 heavy (non-hydrogen) atoms. The summed E-state index contributed by atoms with van der Waals surface area (Å²) < 4.78 is 21.1. The number of carbonyl (C=O) groups is 1. The molecule has 0 spiro atoms. The quantitative estimate of drug-likeness (QED) is 0.386. The lowest BCUT2D eigenvalue weighted by Crippen LogP contribution is -2.29. The molecule has 1 aromatic carbocycles. The lowest BCUT2D eigenvalue weighted by molar-refractivity contribution is 0.0656. The van der Waals surface area contributed by atoms with Crippen LogP contribution in [-0.4, -0.2) is 40.5 Å². The molecule has 8 heteroatoms. The first-order chi connectivity index (χ1) is 11.8. The minimum absolute atomic E-state index is 0.0254. The van der Waals surface area contributed by atoms with Gasteiger partial charge in [-0.05, 0) is 52.8 Å². The van der Waals surface area contributed by atoms with Gasteiger partial charge in [-0.3, -0.25) is 9.59 Å². The Kier molecular flexibility index (Phi) is 6.79. The van der Waals surface area contributed by atoms with Crippen molar-refractivity contribution in [2.45, 2.75) is 13.3 Å². The Labute approximate surface area is 157 Å². The first kappa shape index (κ1) is 19.7. The average molecular weight is 460 g/mol. The molecule has 0 radical (unpaired) electrons. The van der Waals surface area contributed by atoms with Gasteiger partial charge in [-0.1, -0.05) is 6.07 Å². The van der Waals surface area contributed by atoms with E-state index in [1.54, 1.807) is 19.1 Å². The molecule has 0 aliphatic heterocycles. The number of nitrogens with zero attached hydrogens (tertiary/aromatic N) is 2. The summed E-state index contributed by atoms with van der Waals surface area (Å²) in [6, 6.07) is 4.78. The third kappa shape index (κ3) is 4.71. The van der Waals surface area contributed by atoms with Crippen LogP contribution < -0.4 is 5.56 Å². The number of aromatic nitrogens is 2. The van der Waals surface area contributed by atoms with Crippen LogP contribution in [0.1, 0.15) is 27.2 Å². The molecule has 0 saturated carbocycles. The number of hydrogen-bond donors (Lipinski definition) is 1. The van der Waals surface area contributed by atoms with Crippen molar-refractivity contribution in [2.75, 3.05) is 19.8 Å². The van der Waals surface area contributed by atoms with E-state index in [1.165, 1.54) is 13.1 Å². The fraction of sp³-hybridized carbons (Fsp3) is 0.353. The predicted molar refractivity (Wildman–Crippen MR) is 98.4 cm³/mol. The second-order valence-electron chi connectivity index (χ2n) is 5.49. The molecule has 1 N–H and O–H groups in total. The molecular weight excluding hydrogens is 442 g/mol. The third-order valence-electron chi connectivity index (χ3n) is 3.72. The van der Waals surface area contributed by atoms with Gasteiger partial charge >= 0.3 is 0 Å². The van der Waals surface area contributed by atoms with E-state index < -0.39 is 11.6 Å². The molecule has 0 unspecified atom stereocenters. The number of rotatable bonds is 7. The Hall–Kier alpha value is -1.65. The Morgan fingerprint density at radius 2 is 2.16 bits per heavy atom. The fourth-order valence-electron chi connectivity index (χ4n) is 2.40. The van der Waals surface area contributed by atoms with Gasteiger partial charge in [0.1, 0.15) is 18.1 Å². The van der Waals surface area contributed by atoms with E-state index in [0.29, 0.717) is 16.7 Å². The molecule has 0 amide bonds. The van der Waals surface area contributed by atoms with Crippen LogP contribution in [0.2, 0.25) is 0 Å². The summed E-state index contributed by atoms with van der Waals surface area (Å²) in [6.07, 6.45) is 0.0821. The lowest BCUT2D eigenvalue weighted by Gasteiger charge is -2.13. The number of Topliss-reactive ketones (excluding diaryl/α,β-unsaturated/α-hetero) is 1. The fourth-order valence-corrected chi connectivity index (χ4v) is 2.85. The SMILES string of the molecule is Cc1c(Cc2ccc(I)cc2F)c(C(=O)COCCO)nn(C)c1=O. The summed E-state index contributed by atoms with van der Waals surface area (Å²) in [5, 5.41) is 12.8. The smallest absolute Gasteiger partial charge is 0.269 e. The maximum Gasteiger partial charge on any atom is 0.269 e. The topological polar surface area (TPSA) is 81.4 Å². The van der Waals surface area contributed by atoms with Crippen LogP contribution in [0.4, 0.5) is 4.39 Å². The van der Waals surface area contributed by atoms with Crippen LogP contribution >= 0.6 is 22.6 Å². The molecule has 134 valence electrons. The van der Waals surface area contributed by atoms with Crippen LogP contribution in [0.15, 0.2) is 23.0 Å². The zero-order valence-corrected chi connectivity index (χ0v) is 16.0. The van der Waals surface area contributed by atoms with Crippen LogP contribution in [0, 0.1) is 16.3 Å². The van der Waals surface area contributed by atoms with E-state index in [4.69, 9.17) is 9.84 Å². The number of ketones is 1. The van der Waals surface area contributed by atoms with Gasteiger partial charge in [0, 0.05) is 22.6 Å². The molecule has 6 nitrogen and oxygen atoms in total. The van der Waals surface area contributed by atoms with E-state index in [0.717, 1.165) is 8.25 Å². The van der Waals surface area contributed by atoms with Crippen LogP contribution in [-0.2, 0) is 18.2 Å². The molecule has 0 bridgehead atoms. The molecule has 1 aromatic heterocycles. The Morgan fingerprint density at radius 1 is 1.44 bits per heavy atom. The number of hydrogen-bond acceptors (Lipinski definition) is 5. The van der Waals surface area contributed by atoms with Gasteiger partial charge in [0.15, 0.2) is 0 Å². The van der Waals surface area contributed by atoms with Crippen LogP contribution in [0.25, 0.3) is 0 Å². The van der Waals surface area contributed by atoms with E-state index in [1.807, 2.05) is 22.6 Å². The number of halogens is 2. The van der Waals surface area contributed by atoms with Gasteiger partial charge in [0.05, 0.1) is 13.2 Å². The van der Waals surface area contributed by atoms with Gasteiger partial charge in [-0.2, -0.15) is 5.10 Å². The number of aliphatic hydroxyl groups excluding tert-OH is 1. The van der Waals surface area contributed by atoms with Crippen molar-refractivity contribution in [3.63, 3.8) is 0 Å². The molecule has 2 rings (SSSR count). The highest BCUT2D eigenvalue weighted by atomic mass is 127. The number of benzene rings is 1. The second-order valence-corrected chi connectivity index (χ2v) is 6.74. The van der Waals surface area contributed by atoms with Crippen LogP contribution in [0.5, 0.6) is 0 Å². The number of aryl methyl sites for hydroxylation is 1. The van der Waals surface area contributed by atoms with E-state index in [2.05, 4.69) is 5.10 Å². The van der Waals surface area contributed by atoms with Gasteiger partial charge in [-0.25, -0.2) is 9.07 Å². The molecule has 0 aliphatic carbocycles. The normalized spacial score (nSPS) is 10.9. The molecule has 0 fully saturated rings. The summed E-state index contributed by atoms with van der Waals surface area (Å²) in [5.41, 5.74) is 0.856. The minimum atomic E-state index is -0.423. The molecule has 2 aromatic rings. The largest absolute Gasteiger partial charge is 0.394 e. The van der Waals surface area contributed by atoms with Crippen molar-refractivity contribution in [1.29, 1.82) is 0 Å². The Morgan fingerprint density at radius 3 is 2.80 bits per heavy atom. The first-order valence-corrected chi connectivity index (χ1v) is 8.65. The molecule has 1 heterocycles. The maximum absolute atomic E-state index is 14.2. The van der Waals surface area contributed by atoms with E-state index in [-0.39, 0.29) is 37.5 Å². The van der Waals surface area contributed by atoms with Crippen molar-refractivity contribution < 1.29 is 19.0 Å². The summed E-state index contributed by atoms with van der Waals surface area (Å²) in [5.74, 6) is -0.824. The highest BCUT2D eigenvalue weighted by Crippen LogP contribution is 2.19. The second kappa shape index (κ2) is 8.63. The minimum Gasteiger partial charge on any atom is -0.394 e. The maximum atomic E-state index is 14.2.